The van der Waals surface area contributed by atoms with Gasteiger partial charge in [-0.15, -0.1) is 0 Å². The first-order chi connectivity index (χ1) is 10.1. The third-order valence-corrected chi connectivity index (χ3v) is 4.09. The quantitative estimate of drug-likeness (QED) is 0.787. The second-order valence-electron chi connectivity index (χ2n) is 4.85. The zero-order valence-electron chi connectivity index (χ0n) is 11.1. The Bertz CT molecular complexity index is 705. The van der Waals surface area contributed by atoms with Crippen LogP contribution in [-0.4, -0.2) is 17.4 Å². The van der Waals surface area contributed by atoms with E-state index in [-0.39, 0.29) is 11.1 Å². The predicted octanol–water partition coefficient (Wildman–Crippen LogP) is 4.11. The summed E-state index contributed by atoms with van der Waals surface area (Å²) >= 11 is 9.30. The van der Waals surface area contributed by atoms with Gasteiger partial charge < -0.3 is 10.6 Å². The van der Waals surface area contributed by atoms with Gasteiger partial charge in [-0.05, 0) is 58.6 Å². The van der Waals surface area contributed by atoms with Crippen molar-refractivity contribution in [2.45, 2.75) is 12.8 Å². The van der Waals surface area contributed by atoms with Gasteiger partial charge in [0.1, 0.15) is 0 Å². The summed E-state index contributed by atoms with van der Waals surface area (Å²) in [6.07, 6.45) is 3.66. The van der Waals surface area contributed by atoms with Crippen molar-refractivity contribution < 1.29 is 4.79 Å². The first kappa shape index (κ1) is 14.4. The molecular formula is C15H13BrClN3O. The van der Waals surface area contributed by atoms with E-state index in [0.717, 1.165) is 29.5 Å². The van der Waals surface area contributed by atoms with E-state index in [0.29, 0.717) is 11.3 Å². The summed E-state index contributed by atoms with van der Waals surface area (Å²) in [5.74, 6) is -0.190. The number of amides is 1. The molecule has 6 heteroatoms. The molecule has 0 aliphatic carbocycles. The third-order valence-electron chi connectivity index (χ3n) is 3.36. The largest absolute Gasteiger partial charge is 0.385 e. The maximum absolute atomic E-state index is 12.3. The summed E-state index contributed by atoms with van der Waals surface area (Å²) in [6, 6.07) is 7.42. The molecule has 1 aromatic carbocycles. The van der Waals surface area contributed by atoms with Crippen LogP contribution >= 0.6 is 27.5 Å². The van der Waals surface area contributed by atoms with Crippen molar-refractivity contribution in [3.63, 3.8) is 0 Å². The number of aromatic nitrogens is 1. The van der Waals surface area contributed by atoms with Crippen LogP contribution in [-0.2, 0) is 6.42 Å². The Morgan fingerprint density at radius 3 is 3.10 bits per heavy atom. The third kappa shape index (κ3) is 3.19. The van der Waals surface area contributed by atoms with Crippen molar-refractivity contribution in [1.82, 2.24) is 4.98 Å². The highest BCUT2D eigenvalue weighted by molar-refractivity contribution is 9.10. The zero-order valence-corrected chi connectivity index (χ0v) is 13.5. The van der Waals surface area contributed by atoms with Crippen molar-refractivity contribution in [2.24, 2.45) is 0 Å². The van der Waals surface area contributed by atoms with Crippen molar-refractivity contribution in [3.8, 4) is 0 Å². The van der Waals surface area contributed by atoms with Crippen molar-refractivity contribution in [2.75, 3.05) is 17.2 Å². The van der Waals surface area contributed by atoms with Crippen LogP contribution < -0.4 is 10.6 Å². The first-order valence-corrected chi connectivity index (χ1v) is 7.80. The van der Waals surface area contributed by atoms with Crippen LogP contribution in [0.2, 0.25) is 5.15 Å². The molecule has 0 saturated heterocycles. The van der Waals surface area contributed by atoms with Gasteiger partial charge in [0.2, 0.25) is 0 Å². The minimum atomic E-state index is -0.190. The topological polar surface area (TPSA) is 54.0 Å². The molecule has 108 valence electrons. The number of halogens is 2. The lowest BCUT2D eigenvalue weighted by Crippen LogP contribution is -2.16. The fraction of sp³-hybridized carbons (Fsp3) is 0.200. The van der Waals surface area contributed by atoms with Crippen molar-refractivity contribution in [1.29, 1.82) is 0 Å². The molecule has 0 spiro atoms. The van der Waals surface area contributed by atoms with E-state index >= 15 is 0 Å². The lowest BCUT2D eigenvalue weighted by molar-refractivity contribution is 0.102. The second-order valence-corrected chi connectivity index (χ2v) is 6.12. The van der Waals surface area contributed by atoms with Gasteiger partial charge in [-0.2, -0.15) is 0 Å². The van der Waals surface area contributed by atoms with Crippen LogP contribution in [0.25, 0.3) is 0 Å². The number of benzene rings is 1. The molecule has 1 aromatic heterocycles. The molecule has 2 N–H and O–H groups in total. The molecular weight excluding hydrogens is 354 g/mol. The van der Waals surface area contributed by atoms with Gasteiger partial charge >= 0.3 is 0 Å². The number of fused-ring (bicyclic) bond motifs is 1. The predicted molar refractivity (Wildman–Crippen MR) is 88.2 cm³/mol. The van der Waals surface area contributed by atoms with Crippen LogP contribution in [0.5, 0.6) is 0 Å². The molecule has 0 radical (unpaired) electrons. The average molecular weight is 367 g/mol. The van der Waals surface area contributed by atoms with Crippen LogP contribution in [0.1, 0.15) is 22.3 Å². The number of nitrogens with zero attached hydrogens (tertiary/aromatic N) is 1. The van der Waals surface area contributed by atoms with Gasteiger partial charge in [0, 0.05) is 28.5 Å². The number of hydrogen-bond acceptors (Lipinski definition) is 3. The van der Waals surface area contributed by atoms with Crippen molar-refractivity contribution >= 4 is 44.8 Å². The van der Waals surface area contributed by atoms with Crippen LogP contribution in [0.4, 0.5) is 11.4 Å². The Hall–Kier alpha value is -1.59. The van der Waals surface area contributed by atoms with Crippen LogP contribution in [0, 0.1) is 0 Å². The molecule has 0 saturated carbocycles. The number of rotatable bonds is 2. The van der Waals surface area contributed by atoms with E-state index in [4.69, 9.17) is 11.6 Å². The molecule has 1 aliphatic heterocycles. The minimum absolute atomic E-state index is 0.190. The summed E-state index contributed by atoms with van der Waals surface area (Å²) in [6.45, 7) is 0.984. The Kier molecular flexibility index (Phi) is 4.12. The highest BCUT2D eigenvalue weighted by Crippen LogP contribution is 2.26. The monoisotopic (exact) mass is 365 g/mol. The highest BCUT2D eigenvalue weighted by atomic mass is 79.9. The number of hydrogen-bond donors (Lipinski definition) is 2. The van der Waals surface area contributed by atoms with E-state index < -0.39 is 0 Å². The molecule has 2 aromatic rings. The maximum Gasteiger partial charge on any atom is 0.255 e. The SMILES string of the molecule is O=C(Nc1cc(Br)cnc1Cl)c1ccc2c(c1)CCCN2. The van der Waals surface area contributed by atoms with Crippen LogP contribution in [0.3, 0.4) is 0 Å². The lowest BCUT2D eigenvalue weighted by atomic mass is 10.0. The molecule has 1 amide bonds. The maximum atomic E-state index is 12.3. The van der Waals surface area contributed by atoms with E-state index in [1.165, 1.54) is 5.56 Å². The first-order valence-electron chi connectivity index (χ1n) is 6.63. The number of carbonyl (C=O) groups excluding carboxylic acids is 1. The molecule has 0 fully saturated rings. The average Bonchev–Trinajstić information content (AvgIpc) is 2.50. The molecule has 21 heavy (non-hydrogen) atoms. The van der Waals surface area contributed by atoms with E-state index in [1.807, 2.05) is 18.2 Å². The number of pyridine rings is 1. The Morgan fingerprint density at radius 1 is 1.38 bits per heavy atom. The number of nitrogens with one attached hydrogen (secondary N) is 2. The number of anilines is 2. The van der Waals surface area contributed by atoms with Gasteiger partial charge in [0.15, 0.2) is 5.15 Å². The van der Waals surface area contributed by atoms with E-state index in [1.54, 1.807) is 12.3 Å². The molecule has 0 atom stereocenters. The molecule has 0 unspecified atom stereocenters. The molecule has 0 bridgehead atoms. The van der Waals surface area contributed by atoms with Gasteiger partial charge in [-0.25, -0.2) is 4.98 Å². The Morgan fingerprint density at radius 2 is 2.24 bits per heavy atom. The second kappa shape index (κ2) is 6.03. The summed E-state index contributed by atoms with van der Waals surface area (Å²) in [5, 5.41) is 6.39. The van der Waals surface area contributed by atoms with Crippen LogP contribution in [0.15, 0.2) is 34.9 Å². The van der Waals surface area contributed by atoms with E-state index in [9.17, 15) is 4.79 Å². The van der Waals surface area contributed by atoms with E-state index in [2.05, 4.69) is 31.5 Å². The molecule has 1 aliphatic rings. The summed E-state index contributed by atoms with van der Waals surface area (Å²) in [5.41, 5.74) is 3.40. The van der Waals surface area contributed by atoms with Gasteiger partial charge in [0.25, 0.3) is 5.91 Å². The van der Waals surface area contributed by atoms with Gasteiger partial charge in [-0.1, -0.05) is 11.6 Å². The Labute approximate surface area is 136 Å². The number of aryl methyl sites for hydroxylation is 1. The fourth-order valence-corrected chi connectivity index (χ4v) is 2.80. The van der Waals surface area contributed by atoms with Crippen molar-refractivity contribution in [3.05, 3.63) is 51.2 Å². The normalized spacial score (nSPS) is 13.2. The van der Waals surface area contributed by atoms with Gasteiger partial charge in [0.05, 0.1) is 5.69 Å². The molecule has 2 heterocycles. The molecule has 4 nitrogen and oxygen atoms in total. The fourth-order valence-electron chi connectivity index (χ4n) is 2.32. The standard InChI is InChI=1S/C15H13BrClN3O/c16-11-7-13(14(17)19-8-11)20-15(21)10-3-4-12-9(6-10)2-1-5-18-12/h3-4,6-8,18H,1-2,5H2,(H,20,21). The lowest BCUT2D eigenvalue weighted by Gasteiger charge is -2.18. The van der Waals surface area contributed by atoms with Gasteiger partial charge in [-0.3, -0.25) is 4.79 Å². The molecule has 3 rings (SSSR count). The highest BCUT2D eigenvalue weighted by Gasteiger charge is 2.14. The summed E-state index contributed by atoms with van der Waals surface area (Å²) < 4.78 is 0.761. The summed E-state index contributed by atoms with van der Waals surface area (Å²) in [4.78, 5) is 16.3. The zero-order chi connectivity index (χ0) is 14.8. The minimum Gasteiger partial charge on any atom is -0.385 e. The number of carbonyl (C=O) groups is 1. The Balaban J connectivity index is 1.83. The summed E-state index contributed by atoms with van der Waals surface area (Å²) in [7, 11) is 0. The smallest absolute Gasteiger partial charge is 0.255 e.